The first-order valence-electron chi connectivity index (χ1n) is 7.17. The Morgan fingerprint density at radius 2 is 1.95 bits per heavy atom. The summed E-state index contributed by atoms with van der Waals surface area (Å²) in [6, 6.07) is 16.4. The summed E-state index contributed by atoms with van der Waals surface area (Å²) in [5, 5.41) is 0. The highest BCUT2D eigenvalue weighted by Crippen LogP contribution is 2.28. The van der Waals surface area contributed by atoms with E-state index in [0.29, 0.717) is 13.1 Å². The summed E-state index contributed by atoms with van der Waals surface area (Å²) in [5.41, 5.74) is 5.54. The summed E-state index contributed by atoms with van der Waals surface area (Å²) in [4.78, 5) is 15.2. The number of hydrogen-bond acceptors (Lipinski definition) is 3. The molecule has 0 N–H and O–H groups in total. The van der Waals surface area contributed by atoms with Gasteiger partial charge < -0.3 is 4.74 Å². The number of carbonyl (C=O) groups is 1. The predicted octanol–water partition coefficient (Wildman–Crippen LogP) is 3.82. The molecule has 1 aliphatic heterocycles. The van der Waals surface area contributed by atoms with Crippen molar-refractivity contribution in [3.63, 3.8) is 0 Å². The molecule has 0 unspecified atom stereocenters. The average Bonchev–Trinajstić information content (AvgIpc) is 2.75. The molecule has 2 aromatic carbocycles. The van der Waals surface area contributed by atoms with Gasteiger partial charge >= 0.3 is 0 Å². The highest BCUT2D eigenvalue weighted by atomic mass is 16.5. The Bertz CT molecular complexity index is 662. The normalized spacial score (nSPS) is 13.8. The molecular weight excluding hydrogens is 262 g/mol. The minimum atomic E-state index is 0.299. The minimum Gasteiger partial charge on any atom is -0.463 e. The van der Waals surface area contributed by atoms with E-state index in [2.05, 4.69) is 18.2 Å². The van der Waals surface area contributed by atoms with E-state index in [0.717, 1.165) is 36.2 Å². The molecule has 0 radical (unpaired) electrons. The molecule has 0 aromatic heterocycles. The SMILES string of the molecule is O=COCc1ccc2c(c1)N=C(c1ccccc1)CCC2. The topological polar surface area (TPSA) is 38.7 Å². The van der Waals surface area contributed by atoms with Gasteiger partial charge in [0.25, 0.3) is 6.47 Å². The van der Waals surface area contributed by atoms with Crippen LogP contribution in [0.15, 0.2) is 53.5 Å². The van der Waals surface area contributed by atoms with Crippen LogP contribution in [-0.4, -0.2) is 12.2 Å². The van der Waals surface area contributed by atoms with Gasteiger partial charge in [0.05, 0.1) is 5.69 Å². The van der Waals surface area contributed by atoms with E-state index in [1.807, 2.05) is 30.3 Å². The lowest BCUT2D eigenvalue weighted by molar-refractivity contribution is -0.129. The van der Waals surface area contributed by atoms with E-state index in [1.165, 1.54) is 11.1 Å². The molecule has 3 rings (SSSR count). The second-order valence-electron chi connectivity index (χ2n) is 5.15. The van der Waals surface area contributed by atoms with Crippen LogP contribution >= 0.6 is 0 Å². The van der Waals surface area contributed by atoms with E-state index in [4.69, 9.17) is 9.73 Å². The van der Waals surface area contributed by atoms with Crippen LogP contribution < -0.4 is 0 Å². The second-order valence-corrected chi connectivity index (χ2v) is 5.15. The maximum Gasteiger partial charge on any atom is 0.293 e. The first-order valence-corrected chi connectivity index (χ1v) is 7.17. The number of rotatable bonds is 4. The van der Waals surface area contributed by atoms with Gasteiger partial charge in [-0.25, -0.2) is 0 Å². The third kappa shape index (κ3) is 3.19. The van der Waals surface area contributed by atoms with Crippen molar-refractivity contribution in [2.75, 3.05) is 0 Å². The van der Waals surface area contributed by atoms with Gasteiger partial charge in [0.1, 0.15) is 6.61 Å². The van der Waals surface area contributed by atoms with E-state index in [1.54, 1.807) is 0 Å². The summed E-state index contributed by atoms with van der Waals surface area (Å²) < 4.78 is 4.82. The van der Waals surface area contributed by atoms with Crippen molar-refractivity contribution >= 4 is 17.9 Å². The lowest BCUT2D eigenvalue weighted by Gasteiger charge is -2.06. The molecule has 3 nitrogen and oxygen atoms in total. The number of benzene rings is 2. The summed E-state index contributed by atoms with van der Waals surface area (Å²) >= 11 is 0. The number of aryl methyl sites for hydroxylation is 1. The average molecular weight is 279 g/mol. The molecule has 0 spiro atoms. The first kappa shape index (κ1) is 13.6. The van der Waals surface area contributed by atoms with Crippen molar-refractivity contribution in [3.05, 3.63) is 65.2 Å². The van der Waals surface area contributed by atoms with Crippen LogP contribution in [0.25, 0.3) is 0 Å². The fraction of sp³-hybridized carbons (Fsp3) is 0.222. The van der Waals surface area contributed by atoms with Gasteiger partial charge in [0.15, 0.2) is 0 Å². The number of hydrogen-bond donors (Lipinski definition) is 0. The zero-order valence-corrected chi connectivity index (χ0v) is 11.8. The highest BCUT2D eigenvalue weighted by Gasteiger charge is 2.12. The third-order valence-corrected chi connectivity index (χ3v) is 3.69. The molecule has 1 aliphatic rings. The quantitative estimate of drug-likeness (QED) is 0.798. The molecule has 0 bridgehead atoms. The molecular formula is C18H17NO2. The Balaban J connectivity index is 1.96. The Morgan fingerprint density at radius 1 is 1.10 bits per heavy atom. The lowest BCUT2D eigenvalue weighted by Crippen LogP contribution is -1.99. The first-order chi connectivity index (χ1) is 10.4. The number of carbonyl (C=O) groups excluding carboxylic acids is 1. The summed E-state index contributed by atoms with van der Waals surface area (Å²) in [6.07, 6.45) is 3.12. The summed E-state index contributed by atoms with van der Waals surface area (Å²) in [7, 11) is 0. The van der Waals surface area contributed by atoms with E-state index in [9.17, 15) is 4.79 Å². The van der Waals surface area contributed by atoms with Crippen LogP contribution in [-0.2, 0) is 22.6 Å². The van der Waals surface area contributed by atoms with Crippen LogP contribution in [0.1, 0.15) is 29.5 Å². The van der Waals surface area contributed by atoms with Gasteiger partial charge in [0.2, 0.25) is 0 Å². The van der Waals surface area contributed by atoms with E-state index < -0.39 is 0 Å². The largest absolute Gasteiger partial charge is 0.463 e. The lowest BCUT2D eigenvalue weighted by atomic mass is 10.0. The number of fused-ring (bicyclic) bond motifs is 1. The van der Waals surface area contributed by atoms with Gasteiger partial charge in [-0.3, -0.25) is 9.79 Å². The van der Waals surface area contributed by atoms with E-state index >= 15 is 0 Å². The van der Waals surface area contributed by atoms with Gasteiger partial charge in [-0.2, -0.15) is 0 Å². The highest BCUT2D eigenvalue weighted by molar-refractivity contribution is 6.02. The zero-order valence-electron chi connectivity index (χ0n) is 11.8. The molecule has 0 amide bonds. The number of aliphatic imine (C=N–C) groups is 1. The van der Waals surface area contributed by atoms with Crippen molar-refractivity contribution in [2.24, 2.45) is 4.99 Å². The second kappa shape index (κ2) is 6.35. The Morgan fingerprint density at radius 3 is 2.76 bits per heavy atom. The van der Waals surface area contributed by atoms with Crippen molar-refractivity contribution in [1.29, 1.82) is 0 Å². The maximum absolute atomic E-state index is 10.3. The fourth-order valence-corrected chi connectivity index (χ4v) is 2.63. The monoisotopic (exact) mass is 279 g/mol. The Kier molecular flexibility index (Phi) is 4.10. The van der Waals surface area contributed by atoms with Gasteiger partial charge in [-0.1, -0.05) is 42.5 Å². The minimum absolute atomic E-state index is 0.299. The molecule has 0 atom stereocenters. The Labute approximate surface area is 124 Å². The van der Waals surface area contributed by atoms with Crippen molar-refractivity contribution in [3.8, 4) is 0 Å². The van der Waals surface area contributed by atoms with Crippen LogP contribution in [0.3, 0.4) is 0 Å². The van der Waals surface area contributed by atoms with Gasteiger partial charge in [-0.15, -0.1) is 0 Å². The summed E-state index contributed by atoms with van der Waals surface area (Å²) in [6.45, 7) is 0.775. The van der Waals surface area contributed by atoms with E-state index in [-0.39, 0.29) is 0 Å². The number of nitrogens with zero attached hydrogens (tertiary/aromatic N) is 1. The fourth-order valence-electron chi connectivity index (χ4n) is 2.63. The molecule has 21 heavy (non-hydrogen) atoms. The molecule has 0 aliphatic carbocycles. The van der Waals surface area contributed by atoms with Crippen LogP contribution in [0.2, 0.25) is 0 Å². The molecule has 0 saturated carbocycles. The third-order valence-electron chi connectivity index (χ3n) is 3.69. The molecule has 2 aromatic rings. The molecule has 0 fully saturated rings. The molecule has 1 heterocycles. The smallest absolute Gasteiger partial charge is 0.293 e. The van der Waals surface area contributed by atoms with Crippen LogP contribution in [0.5, 0.6) is 0 Å². The van der Waals surface area contributed by atoms with Crippen LogP contribution in [0.4, 0.5) is 5.69 Å². The maximum atomic E-state index is 10.3. The van der Waals surface area contributed by atoms with Crippen LogP contribution in [0, 0.1) is 0 Å². The molecule has 3 heteroatoms. The van der Waals surface area contributed by atoms with Gasteiger partial charge in [-0.05, 0) is 42.0 Å². The van der Waals surface area contributed by atoms with Crippen molar-refractivity contribution in [2.45, 2.75) is 25.9 Å². The van der Waals surface area contributed by atoms with Crippen molar-refractivity contribution in [1.82, 2.24) is 0 Å². The van der Waals surface area contributed by atoms with Gasteiger partial charge in [0, 0.05) is 5.71 Å². The molecule has 0 saturated heterocycles. The van der Waals surface area contributed by atoms with Crippen molar-refractivity contribution < 1.29 is 9.53 Å². The Hall–Kier alpha value is -2.42. The standard InChI is InChI=1S/C18H17NO2/c20-13-21-12-14-9-10-16-7-4-8-17(19-18(16)11-14)15-5-2-1-3-6-15/h1-3,5-6,9-11,13H,4,7-8,12H2. The molecule has 106 valence electrons. The predicted molar refractivity (Wildman–Crippen MR) is 82.9 cm³/mol. The summed E-state index contributed by atoms with van der Waals surface area (Å²) in [5.74, 6) is 0. The zero-order chi connectivity index (χ0) is 14.5. The number of ether oxygens (including phenoxy) is 1.